The zero-order valence-corrected chi connectivity index (χ0v) is 16.6. The monoisotopic (exact) mass is 449 g/mol. The number of hydrogen-bond donors (Lipinski definition) is 2. The predicted octanol–water partition coefficient (Wildman–Crippen LogP) is 4.77. The molecule has 32 heavy (non-hydrogen) atoms. The summed E-state index contributed by atoms with van der Waals surface area (Å²) < 4.78 is 59.2. The number of para-hydroxylation sites is 1. The number of amides is 1. The lowest BCUT2D eigenvalue weighted by Crippen LogP contribution is -2.28. The van der Waals surface area contributed by atoms with Crippen LogP contribution < -0.4 is 14.8 Å². The topological polar surface area (TPSA) is 67.8 Å². The fraction of sp³-hybridized carbons (Fsp3) is 0.174. The van der Waals surface area contributed by atoms with Crippen LogP contribution in [0.4, 0.5) is 17.6 Å². The number of hydrogen-bond acceptors (Lipinski definition) is 4. The summed E-state index contributed by atoms with van der Waals surface area (Å²) in [5.74, 6) is -0.979. The number of nitrogens with one attached hydrogen (secondary N) is 1. The molecule has 9 heteroatoms. The van der Waals surface area contributed by atoms with Crippen molar-refractivity contribution in [3.63, 3.8) is 0 Å². The molecule has 3 rings (SSSR count). The van der Waals surface area contributed by atoms with Crippen molar-refractivity contribution in [3.8, 4) is 11.5 Å². The average molecular weight is 449 g/mol. The Morgan fingerprint density at radius 1 is 0.969 bits per heavy atom. The number of rotatable bonds is 8. The van der Waals surface area contributed by atoms with E-state index in [0.29, 0.717) is 11.3 Å². The molecule has 0 radical (unpaired) electrons. The number of halogens is 4. The number of benzene rings is 3. The van der Waals surface area contributed by atoms with Gasteiger partial charge in [0.15, 0.2) is 0 Å². The molecule has 0 fully saturated rings. The molecule has 0 aliphatic rings. The fourth-order valence-corrected chi connectivity index (χ4v) is 2.82. The van der Waals surface area contributed by atoms with Gasteiger partial charge in [0.1, 0.15) is 23.9 Å². The average Bonchev–Trinajstić information content (AvgIpc) is 2.76. The van der Waals surface area contributed by atoms with Crippen molar-refractivity contribution in [1.29, 1.82) is 0 Å². The number of carbonyl (C=O) groups is 1. The van der Waals surface area contributed by atoms with E-state index in [0.717, 1.165) is 17.7 Å². The van der Waals surface area contributed by atoms with E-state index in [1.54, 1.807) is 36.4 Å². The first kappa shape index (κ1) is 23.1. The van der Waals surface area contributed by atoms with Gasteiger partial charge in [-0.05, 0) is 47.5 Å². The summed E-state index contributed by atoms with van der Waals surface area (Å²) in [6.45, 7) is -0.0514. The van der Waals surface area contributed by atoms with Gasteiger partial charge in [0.25, 0.3) is 5.91 Å². The number of aliphatic hydroxyl groups is 1. The molecule has 1 amide bonds. The summed E-state index contributed by atoms with van der Waals surface area (Å²) >= 11 is 0. The molecule has 0 aliphatic carbocycles. The summed E-state index contributed by atoms with van der Waals surface area (Å²) in [7, 11) is 0. The van der Waals surface area contributed by atoms with Gasteiger partial charge < -0.3 is 19.9 Å². The minimum absolute atomic E-state index is 0.125. The quantitative estimate of drug-likeness (QED) is 0.487. The predicted molar refractivity (Wildman–Crippen MR) is 108 cm³/mol. The molecule has 2 N–H and O–H groups in total. The Hall–Kier alpha value is -3.59. The van der Waals surface area contributed by atoms with Crippen molar-refractivity contribution >= 4 is 5.91 Å². The molecule has 0 heterocycles. The highest BCUT2D eigenvalue weighted by atomic mass is 19.4. The second-order valence-corrected chi connectivity index (χ2v) is 6.75. The third-order valence-electron chi connectivity index (χ3n) is 4.39. The zero-order chi connectivity index (χ0) is 23.1. The van der Waals surface area contributed by atoms with E-state index >= 15 is 0 Å². The van der Waals surface area contributed by atoms with Crippen LogP contribution in [0.2, 0.25) is 0 Å². The van der Waals surface area contributed by atoms with Gasteiger partial charge in [-0.25, -0.2) is 4.39 Å². The van der Waals surface area contributed by atoms with Crippen LogP contribution in [0.15, 0.2) is 72.8 Å². The summed E-state index contributed by atoms with van der Waals surface area (Å²) in [4.78, 5) is 12.6. The van der Waals surface area contributed by atoms with E-state index < -0.39 is 24.1 Å². The number of aliphatic hydroxyl groups excluding tert-OH is 1. The van der Waals surface area contributed by atoms with Crippen LogP contribution in [0.5, 0.6) is 11.5 Å². The van der Waals surface area contributed by atoms with Gasteiger partial charge in [-0.2, -0.15) is 0 Å². The Balaban J connectivity index is 1.58. The molecule has 0 bridgehead atoms. The second kappa shape index (κ2) is 10.1. The summed E-state index contributed by atoms with van der Waals surface area (Å²) in [5.41, 5.74) is 1.26. The van der Waals surface area contributed by atoms with Gasteiger partial charge in [0.05, 0.1) is 11.7 Å². The molecular formula is C23H19F4NO4. The Bertz CT molecular complexity index is 1040. The maximum absolute atomic E-state index is 13.0. The minimum Gasteiger partial charge on any atom is -0.488 e. The first-order valence-corrected chi connectivity index (χ1v) is 9.49. The SMILES string of the molecule is O=C(NCC(O)c1ccc(OC(F)(F)F)cc1)c1ccccc1OCc1ccc(F)cc1. The van der Waals surface area contributed by atoms with E-state index in [2.05, 4.69) is 10.1 Å². The minimum atomic E-state index is -4.81. The molecule has 1 atom stereocenters. The number of ether oxygens (including phenoxy) is 2. The summed E-state index contributed by atoms with van der Waals surface area (Å²) in [5, 5.41) is 12.8. The highest BCUT2D eigenvalue weighted by Gasteiger charge is 2.31. The molecule has 3 aromatic carbocycles. The van der Waals surface area contributed by atoms with Crippen LogP contribution in [0.25, 0.3) is 0 Å². The van der Waals surface area contributed by atoms with Gasteiger partial charge in [0.2, 0.25) is 0 Å². The molecule has 0 aromatic heterocycles. The Kier molecular flexibility index (Phi) is 7.32. The summed E-state index contributed by atoms with van der Waals surface area (Å²) in [6.07, 6.45) is -5.95. The standard InChI is InChI=1S/C23H19F4NO4/c24-17-9-5-15(6-10-17)14-31-21-4-2-1-3-19(21)22(30)28-13-20(29)16-7-11-18(12-8-16)32-23(25,26)27/h1-12,20,29H,13-14H2,(H,28,30). The van der Waals surface area contributed by atoms with Crippen molar-refractivity contribution < 1.29 is 36.9 Å². The van der Waals surface area contributed by atoms with Crippen LogP contribution in [0, 0.1) is 5.82 Å². The maximum Gasteiger partial charge on any atom is 0.573 e. The Morgan fingerprint density at radius 3 is 2.28 bits per heavy atom. The van der Waals surface area contributed by atoms with Crippen molar-refractivity contribution in [2.45, 2.75) is 19.1 Å². The van der Waals surface area contributed by atoms with Gasteiger partial charge >= 0.3 is 6.36 Å². The van der Waals surface area contributed by atoms with E-state index in [9.17, 15) is 27.5 Å². The number of alkyl halides is 3. The molecule has 0 saturated carbocycles. The third kappa shape index (κ3) is 6.71. The second-order valence-electron chi connectivity index (χ2n) is 6.75. The van der Waals surface area contributed by atoms with Crippen molar-refractivity contribution in [2.24, 2.45) is 0 Å². The van der Waals surface area contributed by atoms with Gasteiger partial charge in [-0.3, -0.25) is 4.79 Å². The summed E-state index contributed by atoms with van der Waals surface area (Å²) in [6, 6.07) is 16.9. The van der Waals surface area contributed by atoms with E-state index in [-0.39, 0.29) is 24.5 Å². The molecule has 3 aromatic rings. The lowest BCUT2D eigenvalue weighted by Gasteiger charge is -2.15. The molecule has 0 spiro atoms. The highest BCUT2D eigenvalue weighted by molar-refractivity contribution is 5.96. The molecule has 0 aliphatic heterocycles. The Morgan fingerprint density at radius 2 is 1.62 bits per heavy atom. The fourth-order valence-electron chi connectivity index (χ4n) is 2.82. The van der Waals surface area contributed by atoms with Gasteiger partial charge in [-0.15, -0.1) is 13.2 Å². The lowest BCUT2D eigenvalue weighted by molar-refractivity contribution is -0.274. The van der Waals surface area contributed by atoms with E-state index in [4.69, 9.17) is 4.74 Å². The largest absolute Gasteiger partial charge is 0.573 e. The Labute approximate surface area is 181 Å². The molecule has 1 unspecified atom stereocenters. The van der Waals surface area contributed by atoms with Gasteiger partial charge in [0, 0.05) is 6.54 Å². The first-order valence-electron chi connectivity index (χ1n) is 9.49. The molecule has 0 saturated heterocycles. The molecule has 168 valence electrons. The van der Waals surface area contributed by atoms with Crippen LogP contribution >= 0.6 is 0 Å². The van der Waals surface area contributed by atoms with Gasteiger partial charge in [-0.1, -0.05) is 36.4 Å². The molecule has 5 nitrogen and oxygen atoms in total. The van der Waals surface area contributed by atoms with E-state index in [1.165, 1.54) is 24.3 Å². The van der Waals surface area contributed by atoms with Crippen LogP contribution in [0.3, 0.4) is 0 Å². The van der Waals surface area contributed by atoms with Crippen molar-refractivity contribution in [1.82, 2.24) is 5.32 Å². The lowest BCUT2D eigenvalue weighted by atomic mass is 10.1. The molecular weight excluding hydrogens is 430 g/mol. The van der Waals surface area contributed by atoms with Crippen LogP contribution in [-0.4, -0.2) is 23.9 Å². The highest BCUT2D eigenvalue weighted by Crippen LogP contribution is 2.24. The van der Waals surface area contributed by atoms with Crippen molar-refractivity contribution in [2.75, 3.05) is 6.54 Å². The third-order valence-corrected chi connectivity index (χ3v) is 4.39. The van der Waals surface area contributed by atoms with E-state index in [1.807, 2.05) is 0 Å². The van der Waals surface area contributed by atoms with Crippen LogP contribution in [0.1, 0.15) is 27.6 Å². The smallest absolute Gasteiger partial charge is 0.488 e. The normalized spacial score (nSPS) is 12.2. The maximum atomic E-state index is 13.0. The first-order chi connectivity index (χ1) is 15.2. The van der Waals surface area contributed by atoms with Crippen molar-refractivity contribution in [3.05, 3.63) is 95.3 Å². The van der Waals surface area contributed by atoms with Crippen LogP contribution in [-0.2, 0) is 6.61 Å². The zero-order valence-electron chi connectivity index (χ0n) is 16.6. The number of carbonyl (C=O) groups excluding carboxylic acids is 1.